The number of hydrogen-bond acceptors (Lipinski definition) is 4. The predicted octanol–water partition coefficient (Wildman–Crippen LogP) is 2.50. The number of carbonyl (C=O) groups excluding carboxylic acids is 1. The van der Waals surface area contributed by atoms with E-state index in [1.54, 1.807) is 35.2 Å². The normalized spacial score (nSPS) is 20.2. The molecule has 0 aromatic heterocycles. The number of halogens is 1. The fourth-order valence-electron chi connectivity index (χ4n) is 2.97. The quantitative estimate of drug-likeness (QED) is 0.839. The number of aliphatic hydroxyl groups excluding tert-OH is 1. The van der Waals surface area contributed by atoms with Crippen LogP contribution in [0.15, 0.2) is 42.5 Å². The van der Waals surface area contributed by atoms with Gasteiger partial charge in [0.1, 0.15) is 6.07 Å². The highest BCUT2D eigenvalue weighted by molar-refractivity contribution is 6.32. The first-order valence-corrected chi connectivity index (χ1v) is 7.91. The van der Waals surface area contributed by atoms with Gasteiger partial charge in [-0.2, -0.15) is 5.26 Å². The van der Waals surface area contributed by atoms with Gasteiger partial charge in [0.25, 0.3) is 0 Å². The molecule has 1 amide bonds. The summed E-state index contributed by atoms with van der Waals surface area (Å²) in [5.41, 5.74) is 8.27. The molecule has 1 aliphatic heterocycles. The van der Waals surface area contributed by atoms with Crippen LogP contribution in [0.5, 0.6) is 0 Å². The van der Waals surface area contributed by atoms with Crippen molar-refractivity contribution in [3.63, 3.8) is 0 Å². The van der Waals surface area contributed by atoms with Gasteiger partial charge in [-0.05, 0) is 42.3 Å². The number of hydrogen-bond donors (Lipinski definition) is 2. The Bertz CT molecular complexity index is 814. The fraction of sp³-hybridized carbons (Fsp3) is 0.222. The van der Waals surface area contributed by atoms with Gasteiger partial charge in [0.05, 0.1) is 29.2 Å². The van der Waals surface area contributed by atoms with Gasteiger partial charge in [0, 0.05) is 11.4 Å². The first-order valence-electron chi connectivity index (χ1n) is 7.54. The summed E-state index contributed by atoms with van der Waals surface area (Å²) in [4.78, 5) is 13.9. The summed E-state index contributed by atoms with van der Waals surface area (Å²) in [7, 11) is 0. The summed E-state index contributed by atoms with van der Waals surface area (Å²) in [5.74, 6) is -0.163. The Morgan fingerprint density at radius 3 is 2.62 bits per heavy atom. The minimum absolute atomic E-state index is 0.0667. The minimum atomic E-state index is -0.760. The lowest BCUT2D eigenvalue weighted by molar-refractivity contribution is -0.117. The van der Waals surface area contributed by atoms with Gasteiger partial charge < -0.3 is 15.7 Å². The summed E-state index contributed by atoms with van der Waals surface area (Å²) in [6.45, 7) is 0. The molecule has 5 nitrogen and oxygen atoms in total. The van der Waals surface area contributed by atoms with E-state index >= 15 is 0 Å². The Morgan fingerprint density at radius 1 is 1.29 bits per heavy atom. The number of aliphatic hydroxyl groups is 1. The summed E-state index contributed by atoms with van der Waals surface area (Å²) in [6, 6.07) is 13.8. The van der Waals surface area contributed by atoms with Crippen molar-refractivity contribution in [2.24, 2.45) is 0 Å². The molecular formula is C18H16ClN3O2. The lowest BCUT2D eigenvalue weighted by Gasteiger charge is -2.27. The summed E-state index contributed by atoms with van der Waals surface area (Å²) < 4.78 is 0. The van der Waals surface area contributed by atoms with E-state index in [9.17, 15) is 9.90 Å². The lowest BCUT2D eigenvalue weighted by Crippen LogP contribution is -2.38. The van der Waals surface area contributed by atoms with Gasteiger partial charge >= 0.3 is 0 Å². The molecule has 1 saturated heterocycles. The standard InChI is InChI=1S/C18H16ClN3O2/c19-15-8-14(6-3-12(15)10-20)22-16(17(23)9-18(22)24)7-11-1-4-13(21)5-2-11/h1-6,8,16-17,23H,7,9,21H2/t16-,17-/m0/s1. The van der Waals surface area contributed by atoms with Crippen molar-refractivity contribution in [1.29, 1.82) is 5.26 Å². The van der Waals surface area contributed by atoms with E-state index in [2.05, 4.69) is 0 Å². The molecule has 2 aromatic carbocycles. The first kappa shape index (κ1) is 16.3. The zero-order chi connectivity index (χ0) is 17.3. The van der Waals surface area contributed by atoms with Crippen molar-refractivity contribution in [3.05, 3.63) is 58.6 Å². The van der Waals surface area contributed by atoms with E-state index in [1.807, 2.05) is 18.2 Å². The van der Waals surface area contributed by atoms with E-state index in [-0.39, 0.29) is 23.4 Å². The Morgan fingerprint density at radius 2 is 2.00 bits per heavy atom. The van der Waals surface area contributed by atoms with Crippen molar-refractivity contribution >= 4 is 28.9 Å². The molecule has 2 atom stereocenters. The van der Waals surface area contributed by atoms with Gasteiger partial charge in [-0.25, -0.2) is 0 Å². The second kappa shape index (κ2) is 6.52. The van der Waals surface area contributed by atoms with Crippen LogP contribution in [-0.2, 0) is 11.2 Å². The van der Waals surface area contributed by atoms with Crippen molar-refractivity contribution in [2.75, 3.05) is 10.6 Å². The van der Waals surface area contributed by atoms with Crippen LogP contribution < -0.4 is 10.6 Å². The van der Waals surface area contributed by atoms with Crippen LogP contribution >= 0.6 is 11.6 Å². The molecule has 0 radical (unpaired) electrons. The van der Waals surface area contributed by atoms with E-state index < -0.39 is 6.10 Å². The molecule has 2 aromatic rings. The Labute approximate surface area is 144 Å². The number of benzene rings is 2. The van der Waals surface area contributed by atoms with Crippen LogP contribution in [0.3, 0.4) is 0 Å². The highest BCUT2D eigenvalue weighted by atomic mass is 35.5. The second-order valence-electron chi connectivity index (χ2n) is 5.82. The maximum Gasteiger partial charge on any atom is 0.230 e. The Hall–Kier alpha value is -2.55. The van der Waals surface area contributed by atoms with Crippen LogP contribution in [0.25, 0.3) is 0 Å². The van der Waals surface area contributed by atoms with Gasteiger partial charge in [0.15, 0.2) is 0 Å². The molecule has 1 heterocycles. The van der Waals surface area contributed by atoms with Gasteiger partial charge in [-0.15, -0.1) is 0 Å². The van der Waals surface area contributed by atoms with Gasteiger partial charge in [-0.1, -0.05) is 23.7 Å². The highest BCUT2D eigenvalue weighted by Crippen LogP contribution is 2.32. The van der Waals surface area contributed by atoms with Crippen LogP contribution in [0.4, 0.5) is 11.4 Å². The third kappa shape index (κ3) is 3.07. The predicted molar refractivity (Wildman–Crippen MR) is 92.6 cm³/mol. The van der Waals surface area contributed by atoms with Gasteiger partial charge in [-0.3, -0.25) is 4.79 Å². The van der Waals surface area contributed by atoms with Crippen LogP contribution in [0.2, 0.25) is 5.02 Å². The number of nitrogens with zero attached hydrogens (tertiary/aromatic N) is 2. The number of rotatable bonds is 3. The molecule has 0 spiro atoms. The molecule has 6 heteroatoms. The molecule has 3 rings (SSSR count). The molecule has 0 aliphatic carbocycles. The molecule has 1 aliphatic rings. The summed E-state index contributed by atoms with van der Waals surface area (Å²) >= 11 is 6.08. The summed E-state index contributed by atoms with van der Waals surface area (Å²) in [5, 5.41) is 19.6. The monoisotopic (exact) mass is 341 g/mol. The molecule has 0 saturated carbocycles. The van der Waals surface area contributed by atoms with Gasteiger partial charge in [0.2, 0.25) is 5.91 Å². The average molecular weight is 342 g/mol. The highest BCUT2D eigenvalue weighted by Gasteiger charge is 2.39. The molecule has 3 N–H and O–H groups in total. The van der Waals surface area contributed by atoms with Crippen molar-refractivity contribution in [2.45, 2.75) is 25.0 Å². The zero-order valence-electron chi connectivity index (χ0n) is 12.8. The Kier molecular flexibility index (Phi) is 4.43. The first-order chi connectivity index (χ1) is 11.5. The van der Waals surface area contributed by atoms with Crippen molar-refractivity contribution in [1.82, 2.24) is 0 Å². The zero-order valence-corrected chi connectivity index (χ0v) is 13.6. The van der Waals surface area contributed by atoms with Crippen LogP contribution in [0.1, 0.15) is 17.5 Å². The van der Waals surface area contributed by atoms with Crippen LogP contribution in [0, 0.1) is 11.3 Å². The number of nitrogen functional groups attached to an aromatic ring is 1. The topological polar surface area (TPSA) is 90.3 Å². The van der Waals surface area contributed by atoms with E-state index in [4.69, 9.17) is 22.6 Å². The SMILES string of the molecule is N#Cc1ccc(N2C(=O)C[C@H](O)[C@@H]2Cc2ccc(N)cc2)cc1Cl. The molecule has 1 fully saturated rings. The number of anilines is 2. The lowest BCUT2D eigenvalue weighted by atomic mass is 10.0. The molecular weight excluding hydrogens is 326 g/mol. The third-order valence-corrected chi connectivity index (χ3v) is 4.52. The second-order valence-corrected chi connectivity index (χ2v) is 6.23. The minimum Gasteiger partial charge on any atom is -0.399 e. The molecule has 24 heavy (non-hydrogen) atoms. The van der Waals surface area contributed by atoms with E-state index in [0.717, 1.165) is 5.56 Å². The fourth-order valence-corrected chi connectivity index (χ4v) is 3.19. The maximum absolute atomic E-state index is 12.3. The Balaban J connectivity index is 1.92. The number of nitrogens with two attached hydrogens (primary N) is 1. The van der Waals surface area contributed by atoms with Crippen LogP contribution in [-0.4, -0.2) is 23.2 Å². The number of carbonyl (C=O) groups is 1. The third-order valence-electron chi connectivity index (χ3n) is 4.20. The average Bonchev–Trinajstić information content (AvgIpc) is 2.83. The number of amides is 1. The largest absolute Gasteiger partial charge is 0.399 e. The molecule has 122 valence electrons. The van der Waals surface area contributed by atoms with Crippen molar-refractivity contribution in [3.8, 4) is 6.07 Å². The maximum atomic E-state index is 12.3. The number of nitriles is 1. The van der Waals surface area contributed by atoms with Crippen molar-refractivity contribution < 1.29 is 9.90 Å². The van der Waals surface area contributed by atoms with E-state index in [1.165, 1.54) is 0 Å². The molecule has 0 unspecified atom stereocenters. The smallest absolute Gasteiger partial charge is 0.230 e. The molecule has 0 bridgehead atoms. The summed E-state index contributed by atoms with van der Waals surface area (Å²) in [6.07, 6.45) is -0.188. The van der Waals surface area contributed by atoms with E-state index in [0.29, 0.717) is 23.4 Å².